The average Bonchev–Trinajstić information content (AvgIpc) is 2.07. The first-order chi connectivity index (χ1) is 9.78. The predicted octanol–water partition coefficient (Wildman–Crippen LogP) is -2.30. The molecule has 0 fully saturated rings. The lowest BCUT2D eigenvalue weighted by Crippen LogP contribution is -2.42. The molecule has 0 rings (SSSR count). The van der Waals surface area contributed by atoms with E-state index in [4.69, 9.17) is 58.9 Å². The van der Waals surface area contributed by atoms with E-state index in [0.29, 0.717) is 0 Å². The van der Waals surface area contributed by atoms with Gasteiger partial charge in [-0.1, -0.05) is 0 Å². The highest BCUT2D eigenvalue weighted by Gasteiger charge is 2.40. The zero-order valence-corrected chi connectivity index (χ0v) is 16.1. The first-order valence-corrected chi connectivity index (χ1v) is 7.87. The Kier molecular flexibility index (Phi) is 36.2. The third-order valence-electron chi connectivity index (χ3n) is 1.29. The Balaban J connectivity index is -0.0000000383. The SMILES string of the molecule is N.N.N.N.N.O=C(O)CC(O)(CC(=O)O)C(=O)O.O=P(O)(O)O.O=P(O)(O)O. The first kappa shape index (κ1) is 50.3. The van der Waals surface area contributed by atoms with Crippen LogP contribution in [0.15, 0.2) is 0 Å². The molecule has 0 atom stereocenters. The molecule has 0 aromatic carbocycles. The minimum Gasteiger partial charge on any atom is -0.481 e. The number of carbonyl (C=O) groups is 3. The van der Waals surface area contributed by atoms with Gasteiger partial charge in [-0.25, -0.2) is 13.9 Å². The first-order valence-electron chi connectivity index (χ1n) is 4.74. The summed E-state index contributed by atoms with van der Waals surface area (Å²) in [7, 11) is -9.28. The van der Waals surface area contributed by atoms with E-state index in [2.05, 4.69) is 0 Å². The maximum absolute atomic E-state index is 10.3. The second-order valence-electron chi connectivity index (χ2n) is 3.50. The minimum atomic E-state index is -4.64. The molecule has 0 heterocycles. The molecule has 0 aromatic rings. The highest BCUT2D eigenvalue weighted by atomic mass is 31.2. The summed E-state index contributed by atoms with van der Waals surface area (Å²) in [5.41, 5.74) is -2.74. The van der Waals surface area contributed by atoms with E-state index < -0.39 is 52.0 Å². The summed E-state index contributed by atoms with van der Waals surface area (Å²) in [4.78, 5) is 73.6. The highest BCUT2D eigenvalue weighted by molar-refractivity contribution is 7.45. The van der Waals surface area contributed by atoms with Crippen molar-refractivity contribution in [2.45, 2.75) is 18.4 Å². The second-order valence-corrected chi connectivity index (χ2v) is 5.56. The van der Waals surface area contributed by atoms with Gasteiger partial charge in [0.15, 0.2) is 5.60 Å². The fraction of sp³-hybridized carbons (Fsp3) is 0.500. The van der Waals surface area contributed by atoms with Gasteiger partial charge < -0.3 is 80.5 Å². The molecule has 0 aliphatic carbocycles. The lowest BCUT2D eigenvalue weighted by Gasteiger charge is -2.18. The quantitative estimate of drug-likeness (QED) is 0.186. The van der Waals surface area contributed by atoms with Crippen molar-refractivity contribution >= 4 is 33.6 Å². The number of hydrogen-bond acceptors (Lipinski definition) is 11. The Morgan fingerprint density at radius 1 is 0.607 bits per heavy atom. The van der Waals surface area contributed by atoms with Crippen molar-refractivity contribution in [3.05, 3.63) is 0 Å². The van der Waals surface area contributed by atoms with Crippen molar-refractivity contribution in [2.75, 3.05) is 0 Å². The van der Waals surface area contributed by atoms with Crippen LogP contribution in [-0.2, 0) is 23.5 Å². The number of carboxylic acid groups (broad SMARTS) is 3. The van der Waals surface area contributed by atoms with E-state index in [1.807, 2.05) is 0 Å². The fourth-order valence-corrected chi connectivity index (χ4v) is 0.714. The molecule has 25 N–H and O–H groups in total. The second kappa shape index (κ2) is 20.1. The van der Waals surface area contributed by atoms with Crippen molar-refractivity contribution in [2.24, 2.45) is 0 Å². The van der Waals surface area contributed by atoms with E-state index in [1.165, 1.54) is 0 Å². The van der Waals surface area contributed by atoms with Gasteiger partial charge in [-0.15, -0.1) is 0 Å². The molecule has 0 saturated carbocycles. The largest absolute Gasteiger partial charge is 0.481 e. The molecule has 0 saturated heterocycles. The summed E-state index contributed by atoms with van der Waals surface area (Å²) in [6, 6.07) is 0. The van der Waals surface area contributed by atoms with Crippen molar-refractivity contribution in [1.29, 1.82) is 0 Å². The third-order valence-corrected chi connectivity index (χ3v) is 1.29. The topological polar surface area (TPSA) is 463 Å². The summed E-state index contributed by atoms with van der Waals surface area (Å²) in [6.45, 7) is 0. The molecule has 0 aliphatic heterocycles. The Morgan fingerprint density at radius 2 is 0.750 bits per heavy atom. The van der Waals surface area contributed by atoms with Crippen LogP contribution >= 0.6 is 15.6 Å². The van der Waals surface area contributed by atoms with Gasteiger partial charge in [-0.3, -0.25) is 9.59 Å². The number of hydrogen-bond donors (Lipinski definition) is 15. The molecule has 0 aliphatic rings. The number of carboxylic acids is 3. The standard InChI is InChI=1S/C6H8O7.5H3N.2H3O4P/c7-3(8)1-6(13,5(11)12)2-4(9)10;;;;;;2*1-5(2,3)4/h13H,1-2H2,(H,7,8)(H,9,10)(H,11,12);5*1H3;2*(H3,1,2,3,4). The summed E-state index contributed by atoms with van der Waals surface area (Å²) < 4.78 is 17.8. The summed E-state index contributed by atoms with van der Waals surface area (Å²) in [6.07, 6.45) is -2.29. The lowest BCUT2D eigenvalue weighted by molar-refractivity contribution is -0.170. The van der Waals surface area contributed by atoms with Gasteiger partial charge in [0.05, 0.1) is 12.8 Å². The molecular formula is C6H29N5O15P2. The number of aliphatic hydroxyl groups is 1. The van der Waals surface area contributed by atoms with Crippen LogP contribution in [0.1, 0.15) is 12.8 Å². The van der Waals surface area contributed by atoms with Gasteiger partial charge in [0.2, 0.25) is 0 Å². The van der Waals surface area contributed by atoms with Crippen LogP contribution in [0.25, 0.3) is 0 Å². The Bertz CT molecular complexity index is 465. The Morgan fingerprint density at radius 3 is 0.821 bits per heavy atom. The summed E-state index contributed by atoms with van der Waals surface area (Å²) in [5, 5.41) is 33.8. The van der Waals surface area contributed by atoms with E-state index in [9.17, 15) is 14.4 Å². The van der Waals surface area contributed by atoms with E-state index in [1.54, 1.807) is 0 Å². The smallest absolute Gasteiger partial charge is 0.466 e. The highest BCUT2D eigenvalue weighted by Crippen LogP contribution is 2.26. The van der Waals surface area contributed by atoms with Crippen LogP contribution in [0.2, 0.25) is 0 Å². The summed E-state index contributed by atoms with van der Waals surface area (Å²) >= 11 is 0. The molecule has 0 radical (unpaired) electrons. The van der Waals surface area contributed by atoms with Crippen LogP contribution in [-0.4, -0.2) is 73.3 Å². The van der Waals surface area contributed by atoms with Crippen LogP contribution in [0.5, 0.6) is 0 Å². The van der Waals surface area contributed by atoms with Gasteiger partial charge in [0, 0.05) is 0 Å². The maximum Gasteiger partial charge on any atom is 0.466 e. The molecule has 178 valence electrons. The van der Waals surface area contributed by atoms with Gasteiger partial charge in [-0.05, 0) is 0 Å². The van der Waals surface area contributed by atoms with E-state index in [-0.39, 0.29) is 30.8 Å². The molecule has 28 heavy (non-hydrogen) atoms. The van der Waals surface area contributed by atoms with Crippen LogP contribution in [0, 0.1) is 0 Å². The maximum atomic E-state index is 10.3. The molecule has 0 unspecified atom stereocenters. The van der Waals surface area contributed by atoms with E-state index >= 15 is 0 Å². The van der Waals surface area contributed by atoms with Crippen molar-refractivity contribution in [1.82, 2.24) is 30.8 Å². The average molecular weight is 473 g/mol. The van der Waals surface area contributed by atoms with Crippen LogP contribution in [0.4, 0.5) is 0 Å². The predicted molar refractivity (Wildman–Crippen MR) is 90.7 cm³/mol. The van der Waals surface area contributed by atoms with Crippen LogP contribution in [0.3, 0.4) is 0 Å². The molecule has 20 nitrogen and oxygen atoms in total. The lowest BCUT2D eigenvalue weighted by atomic mass is 9.96. The number of rotatable bonds is 5. The molecule has 22 heteroatoms. The van der Waals surface area contributed by atoms with Gasteiger partial charge >= 0.3 is 33.6 Å². The van der Waals surface area contributed by atoms with Crippen molar-refractivity contribution in [3.8, 4) is 0 Å². The number of phosphoric acid groups is 2. The number of aliphatic carboxylic acids is 3. The van der Waals surface area contributed by atoms with Crippen molar-refractivity contribution < 1.29 is 73.3 Å². The molecule has 0 amide bonds. The third kappa shape index (κ3) is 64.4. The van der Waals surface area contributed by atoms with Crippen molar-refractivity contribution in [3.63, 3.8) is 0 Å². The molecule has 0 bridgehead atoms. The van der Waals surface area contributed by atoms with E-state index in [0.717, 1.165) is 0 Å². The molecule has 0 spiro atoms. The zero-order chi connectivity index (χ0) is 19.6. The Labute approximate surface area is 157 Å². The van der Waals surface area contributed by atoms with Gasteiger partial charge in [0.1, 0.15) is 0 Å². The normalized spacial score (nSPS) is 9.25. The van der Waals surface area contributed by atoms with Gasteiger partial charge in [0.25, 0.3) is 0 Å². The fourth-order valence-electron chi connectivity index (χ4n) is 0.714. The van der Waals surface area contributed by atoms with Crippen LogP contribution < -0.4 is 30.8 Å². The van der Waals surface area contributed by atoms with Gasteiger partial charge in [-0.2, -0.15) is 0 Å². The molecule has 0 aromatic heterocycles. The molecular weight excluding hydrogens is 444 g/mol. The minimum absolute atomic E-state index is 0. The monoisotopic (exact) mass is 473 g/mol. The zero-order valence-electron chi connectivity index (χ0n) is 14.4. The Hall–Kier alpha value is -1.61. The summed E-state index contributed by atoms with van der Waals surface area (Å²) in [5.74, 6) is -5.02.